The quantitative estimate of drug-likeness (QED) is 0.725. The fourth-order valence-corrected chi connectivity index (χ4v) is 1.56. The molecule has 0 bridgehead atoms. The minimum absolute atomic E-state index is 0.426. The Hall–Kier alpha value is -0.900. The number of hydrogen-bond donors (Lipinski definition) is 1. The third kappa shape index (κ3) is 2.80. The van der Waals surface area contributed by atoms with Gasteiger partial charge >= 0.3 is 0 Å². The van der Waals surface area contributed by atoms with Gasteiger partial charge in [-0.25, -0.2) is 9.67 Å². The van der Waals surface area contributed by atoms with Crippen molar-refractivity contribution in [3.05, 3.63) is 11.6 Å². The molecule has 14 heavy (non-hydrogen) atoms. The molecular weight excluding hydrogens is 176 g/mol. The molecule has 1 aromatic heterocycles. The Balaban J connectivity index is 2.51. The molecule has 0 amide bonds. The Morgan fingerprint density at radius 1 is 1.43 bits per heavy atom. The van der Waals surface area contributed by atoms with Gasteiger partial charge in [-0.05, 0) is 40.3 Å². The fourth-order valence-electron chi connectivity index (χ4n) is 1.56. The second-order valence-electron chi connectivity index (χ2n) is 3.64. The Labute approximate surface area is 85.7 Å². The first-order chi connectivity index (χ1) is 6.65. The third-order valence-electron chi connectivity index (χ3n) is 2.31. The summed E-state index contributed by atoms with van der Waals surface area (Å²) in [6, 6.07) is 0.426. The van der Waals surface area contributed by atoms with Gasteiger partial charge in [-0.1, -0.05) is 6.92 Å². The average molecular weight is 196 g/mol. The van der Waals surface area contributed by atoms with E-state index in [4.69, 9.17) is 0 Å². The monoisotopic (exact) mass is 196 g/mol. The van der Waals surface area contributed by atoms with Crippen molar-refractivity contribution >= 4 is 0 Å². The van der Waals surface area contributed by atoms with Crippen LogP contribution in [0.1, 0.15) is 38.0 Å². The van der Waals surface area contributed by atoms with Crippen LogP contribution in [0.3, 0.4) is 0 Å². The molecule has 0 saturated heterocycles. The van der Waals surface area contributed by atoms with E-state index in [9.17, 15) is 0 Å². The number of aryl methyl sites for hydroxylation is 2. The Kier molecular flexibility index (Phi) is 4.07. The highest BCUT2D eigenvalue weighted by Crippen LogP contribution is 2.10. The van der Waals surface area contributed by atoms with E-state index in [1.54, 1.807) is 0 Å². The van der Waals surface area contributed by atoms with E-state index in [2.05, 4.69) is 29.2 Å². The van der Waals surface area contributed by atoms with Gasteiger partial charge in [-0.2, -0.15) is 5.10 Å². The molecule has 1 unspecified atom stereocenters. The smallest absolute Gasteiger partial charge is 0.147 e. The van der Waals surface area contributed by atoms with Crippen LogP contribution in [0.4, 0.5) is 0 Å². The van der Waals surface area contributed by atoms with Crippen LogP contribution in [0.5, 0.6) is 0 Å². The summed E-state index contributed by atoms with van der Waals surface area (Å²) in [7, 11) is 0. The molecule has 4 nitrogen and oxygen atoms in total. The van der Waals surface area contributed by atoms with Crippen LogP contribution in [-0.2, 0) is 0 Å². The van der Waals surface area contributed by atoms with Crippen LogP contribution in [0.2, 0.25) is 0 Å². The molecule has 1 N–H and O–H groups in total. The molecule has 0 aromatic carbocycles. The molecular formula is C10H20N4. The van der Waals surface area contributed by atoms with Crippen molar-refractivity contribution in [1.82, 2.24) is 20.1 Å². The predicted molar refractivity (Wildman–Crippen MR) is 57.4 cm³/mol. The van der Waals surface area contributed by atoms with Crippen molar-refractivity contribution in [3.63, 3.8) is 0 Å². The summed E-state index contributed by atoms with van der Waals surface area (Å²) in [5.74, 6) is 1.87. The maximum atomic E-state index is 4.37. The van der Waals surface area contributed by atoms with Crippen LogP contribution in [0.25, 0.3) is 0 Å². The highest BCUT2D eigenvalue weighted by atomic mass is 15.4. The zero-order valence-corrected chi connectivity index (χ0v) is 9.54. The van der Waals surface area contributed by atoms with Crippen molar-refractivity contribution in [1.29, 1.82) is 0 Å². The van der Waals surface area contributed by atoms with Gasteiger partial charge in [0, 0.05) is 0 Å². The van der Waals surface area contributed by atoms with Gasteiger partial charge in [0.25, 0.3) is 0 Å². The summed E-state index contributed by atoms with van der Waals surface area (Å²) in [6.07, 6.45) is 1.09. The zero-order valence-electron chi connectivity index (χ0n) is 9.54. The summed E-state index contributed by atoms with van der Waals surface area (Å²) in [4.78, 5) is 4.29. The first-order valence-electron chi connectivity index (χ1n) is 5.25. The van der Waals surface area contributed by atoms with Gasteiger partial charge in [0.15, 0.2) is 0 Å². The van der Waals surface area contributed by atoms with Crippen molar-refractivity contribution in [3.8, 4) is 0 Å². The SMILES string of the molecule is CCNCCC(C)n1nc(C)nc1C. The Morgan fingerprint density at radius 3 is 2.64 bits per heavy atom. The Morgan fingerprint density at radius 2 is 2.14 bits per heavy atom. The number of aromatic nitrogens is 3. The molecule has 0 fully saturated rings. The molecule has 0 spiro atoms. The third-order valence-corrected chi connectivity index (χ3v) is 2.31. The molecule has 4 heteroatoms. The second-order valence-corrected chi connectivity index (χ2v) is 3.64. The largest absolute Gasteiger partial charge is 0.317 e. The van der Waals surface area contributed by atoms with Crippen LogP contribution >= 0.6 is 0 Å². The summed E-state index contributed by atoms with van der Waals surface area (Å²) >= 11 is 0. The number of hydrogen-bond acceptors (Lipinski definition) is 3. The van der Waals surface area contributed by atoms with Crippen LogP contribution in [0, 0.1) is 13.8 Å². The van der Waals surface area contributed by atoms with Gasteiger partial charge < -0.3 is 5.32 Å². The van der Waals surface area contributed by atoms with E-state index in [0.717, 1.165) is 31.2 Å². The van der Waals surface area contributed by atoms with Crippen molar-refractivity contribution in [2.75, 3.05) is 13.1 Å². The van der Waals surface area contributed by atoms with E-state index < -0.39 is 0 Å². The second kappa shape index (κ2) is 5.10. The molecule has 1 atom stereocenters. The minimum Gasteiger partial charge on any atom is -0.317 e. The van der Waals surface area contributed by atoms with Crippen LogP contribution in [-0.4, -0.2) is 27.9 Å². The normalized spacial score (nSPS) is 13.1. The topological polar surface area (TPSA) is 42.7 Å². The lowest BCUT2D eigenvalue weighted by atomic mass is 10.2. The van der Waals surface area contributed by atoms with Gasteiger partial charge in [0.05, 0.1) is 6.04 Å². The molecule has 1 rings (SSSR count). The molecule has 0 aliphatic rings. The van der Waals surface area contributed by atoms with Crippen molar-refractivity contribution in [2.45, 2.75) is 40.2 Å². The van der Waals surface area contributed by atoms with Gasteiger partial charge in [0.1, 0.15) is 11.6 Å². The first-order valence-corrected chi connectivity index (χ1v) is 5.25. The maximum Gasteiger partial charge on any atom is 0.147 e. The number of rotatable bonds is 5. The van der Waals surface area contributed by atoms with E-state index in [0.29, 0.717) is 6.04 Å². The zero-order chi connectivity index (χ0) is 10.6. The summed E-state index contributed by atoms with van der Waals surface area (Å²) in [5, 5.41) is 7.68. The maximum absolute atomic E-state index is 4.37. The Bertz CT molecular complexity index is 280. The highest BCUT2D eigenvalue weighted by Gasteiger charge is 2.09. The van der Waals surface area contributed by atoms with Crippen molar-refractivity contribution < 1.29 is 0 Å². The molecule has 1 heterocycles. The fraction of sp³-hybridized carbons (Fsp3) is 0.800. The lowest BCUT2D eigenvalue weighted by Crippen LogP contribution is -2.19. The van der Waals surface area contributed by atoms with E-state index in [1.165, 1.54) is 0 Å². The molecule has 0 saturated carbocycles. The molecule has 0 aliphatic carbocycles. The van der Waals surface area contributed by atoms with E-state index in [1.807, 2.05) is 18.5 Å². The van der Waals surface area contributed by atoms with Crippen LogP contribution in [0.15, 0.2) is 0 Å². The lowest BCUT2D eigenvalue weighted by molar-refractivity contribution is 0.435. The van der Waals surface area contributed by atoms with Gasteiger partial charge in [0.2, 0.25) is 0 Å². The van der Waals surface area contributed by atoms with Gasteiger partial charge in [-0.3, -0.25) is 0 Å². The van der Waals surface area contributed by atoms with Crippen molar-refractivity contribution in [2.24, 2.45) is 0 Å². The number of nitrogens with zero attached hydrogens (tertiary/aromatic N) is 3. The molecule has 1 aromatic rings. The summed E-state index contributed by atoms with van der Waals surface area (Å²) in [5.41, 5.74) is 0. The standard InChI is InChI=1S/C10H20N4/c1-5-11-7-6-8(2)14-10(4)12-9(3)13-14/h8,11H,5-7H2,1-4H3. The summed E-state index contributed by atoms with van der Waals surface area (Å²) < 4.78 is 2.01. The van der Waals surface area contributed by atoms with Gasteiger partial charge in [-0.15, -0.1) is 0 Å². The molecule has 0 radical (unpaired) electrons. The van der Waals surface area contributed by atoms with E-state index in [-0.39, 0.29) is 0 Å². The van der Waals surface area contributed by atoms with Crippen LogP contribution < -0.4 is 5.32 Å². The summed E-state index contributed by atoms with van der Waals surface area (Å²) in [6.45, 7) is 10.3. The first kappa shape index (κ1) is 11.2. The molecule has 80 valence electrons. The lowest BCUT2D eigenvalue weighted by Gasteiger charge is -2.12. The van der Waals surface area contributed by atoms with E-state index >= 15 is 0 Å². The average Bonchev–Trinajstić information content (AvgIpc) is 2.45. The molecule has 0 aliphatic heterocycles. The minimum atomic E-state index is 0.426. The highest BCUT2D eigenvalue weighted by molar-refractivity contribution is 4.89. The number of nitrogens with one attached hydrogen (secondary N) is 1. The predicted octanol–water partition coefficient (Wildman–Crippen LogP) is 1.46.